The third kappa shape index (κ3) is 2.74. The van der Waals surface area contributed by atoms with E-state index in [1.54, 1.807) is 12.4 Å². The van der Waals surface area contributed by atoms with Crippen molar-refractivity contribution in [1.82, 2.24) is 20.1 Å². The fraction of sp³-hybridized carbons (Fsp3) is 0.0833. The molecular formula is C12H10ClN5O. The number of anilines is 1. The average Bonchev–Trinajstić information content (AvgIpc) is 3.07. The molecular weight excluding hydrogens is 266 g/mol. The molecule has 6 nitrogen and oxygen atoms in total. The molecule has 0 bridgehead atoms. The Hall–Kier alpha value is -2.34. The quantitative estimate of drug-likeness (QED) is 0.765. The van der Waals surface area contributed by atoms with Gasteiger partial charge in [0.15, 0.2) is 5.82 Å². The second-order valence-electron chi connectivity index (χ2n) is 3.81. The molecule has 0 saturated carbocycles. The predicted octanol–water partition coefficient (Wildman–Crippen LogP) is 2.73. The van der Waals surface area contributed by atoms with Crippen LogP contribution in [0.1, 0.15) is 5.89 Å². The van der Waals surface area contributed by atoms with E-state index in [1.165, 1.54) is 0 Å². The summed E-state index contributed by atoms with van der Waals surface area (Å²) in [6, 6.07) is 7.42. The molecule has 0 fully saturated rings. The van der Waals surface area contributed by atoms with Crippen LogP contribution in [0.15, 0.2) is 41.2 Å². The molecule has 7 heteroatoms. The molecule has 2 aromatic heterocycles. The van der Waals surface area contributed by atoms with E-state index >= 15 is 0 Å². The van der Waals surface area contributed by atoms with Gasteiger partial charge in [0.05, 0.1) is 6.54 Å². The maximum atomic E-state index is 5.89. The van der Waals surface area contributed by atoms with Gasteiger partial charge in [-0.15, -0.1) is 0 Å². The number of benzene rings is 1. The van der Waals surface area contributed by atoms with Gasteiger partial charge >= 0.3 is 0 Å². The van der Waals surface area contributed by atoms with Gasteiger partial charge in [0, 0.05) is 23.1 Å². The predicted molar refractivity (Wildman–Crippen MR) is 70.7 cm³/mol. The largest absolute Gasteiger partial charge is 0.376 e. The SMILES string of the molecule is Clc1cccc(NCc2nc(-c3ncc[nH]3)no2)c1. The van der Waals surface area contributed by atoms with Crippen molar-refractivity contribution in [2.45, 2.75) is 6.54 Å². The van der Waals surface area contributed by atoms with Gasteiger partial charge in [-0.1, -0.05) is 22.8 Å². The van der Waals surface area contributed by atoms with Crippen LogP contribution in [0.25, 0.3) is 11.6 Å². The van der Waals surface area contributed by atoms with Crippen LogP contribution in [0.4, 0.5) is 5.69 Å². The molecule has 0 atom stereocenters. The Morgan fingerprint density at radius 2 is 2.32 bits per heavy atom. The number of imidazole rings is 1. The molecule has 0 aliphatic heterocycles. The number of hydrogen-bond acceptors (Lipinski definition) is 5. The number of hydrogen-bond donors (Lipinski definition) is 2. The number of rotatable bonds is 4. The van der Waals surface area contributed by atoms with Crippen LogP contribution in [0.3, 0.4) is 0 Å². The molecule has 96 valence electrons. The van der Waals surface area contributed by atoms with Crippen molar-refractivity contribution in [3.63, 3.8) is 0 Å². The highest BCUT2D eigenvalue weighted by Crippen LogP contribution is 2.16. The second kappa shape index (κ2) is 5.11. The normalized spacial score (nSPS) is 10.6. The summed E-state index contributed by atoms with van der Waals surface area (Å²) in [4.78, 5) is 11.2. The molecule has 3 rings (SSSR count). The summed E-state index contributed by atoms with van der Waals surface area (Å²) < 4.78 is 5.12. The monoisotopic (exact) mass is 275 g/mol. The van der Waals surface area contributed by atoms with E-state index in [-0.39, 0.29) is 0 Å². The summed E-state index contributed by atoms with van der Waals surface area (Å²) in [5.41, 5.74) is 0.894. The Balaban J connectivity index is 1.68. The first-order valence-electron chi connectivity index (χ1n) is 5.63. The van der Waals surface area contributed by atoms with Crippen molar-refractivity contribution in [1.29, 1.82) is 0 Å². The molecule has 0 spiro atoms. The van der Waals surface area contributed by atoms with E-state index in [1.807, 2.05) is 24.3 Å². The zero-order valence-electron chi connectivity index (χ0n) is 9.80. The summed E-state index contributed by atoms with van der Waals surface area (Å²) in [6.07, 6.45) is 3.34. The minimum Gasteiger partial charge on any atom is -0.376 e. The Labute approximate surface area is 113 Å². The number of nitrogens with zero attached hydrogens (tertiary/aromatic N) is 3. The molecule has 0 saturated heterocycles. The van der Waals surface area contributed by atoms with E-state index in [2.05, 4.69) is 25.4 Å². The summed E-state index contributed by atoms with van der Waals surface area (Å²) in [7, 11) is 0. The van der Waals surface area contributed by atoms with Crippen LogP contribution in [-0.4, -0.2) is 20.1 Å². The second-order valence-corrected chi connectivity index (χ2v) is 4.25. The molecule has 19 heavy (non-hydrogen) atoms. The number of aromatic nitrogens is 4. The Morgan fingerprint density at radius 3 is 3.11 bits per heavy atom. The van der Waals surface area contributed by atoms with Gasteiger partial charge in [-0.3, -0.25) is 0 Å². The van der Waals surface area contributed by atoms with Crippen molar-refractivity contribution in [2.24, 2.45) is 0 Å². The molecule has 0 unspecified atom stereocenters. The van der Waals surface area contributed by atoms with Crippen molar-refractivity contribution in [3.05, 3.63) is 47.6 Å². The van der Waals surface area contributed by atoms with E-state index in [0.29, 0.717) is 29.1 Å². The first kappa shape index (κ1) is 11.7. The van der Waals surface area contributed by atoms with E-state index in [4.69, 9.17) is 16.1 Å². The zero-order valence-corrected chi connectivity index (χ0v) is 10.6. The molecule has 1 aromatic carbocycles. The fourth-order valence-corrected chi connectivity index (χ4v) is 1.78. The van der Waals surface area contributed by atoms with Gasteiger partial charge in [-0.05, 0) is 18.2 Å². The third-order valence-corrected chi connectivity index (χ3v) is 2.68. The molecule has 2 N–H and O–H groups in total. The zero-order chi connectivity index (χ0) is 13.1. The number of H-pyrrole nitrogens is 1. The van der Waals surface area contributed by atoms with Crippen molar-refractivity contribution >= 4 is 17.3 Å². The molecule has 0 amide bonds. The van der Waals surface area contributed by atoms with Crippen molar-refractivity contribution in [2.75, 3.05) is 5.32 Å². The van der Waals surface area contributed by atoms with E-state index in [0.717, 1.165) is 5.69 Å². The van der Waals surface area contributed by atoms with E-state index in [9.17, 15) is 0 Å². The standard InChI is InChI=1S/C12H10ClN5O/c13-8-2-1-3-9(6-8)16-7-10-17-12(18-19-10)11-14-4-5-15-11/h1-6,16H,7H2,(H,14,15). The molecule has 2 heterocycles. The van der Waals surface area contributed by atoms with Gasteiger partial charge in [0.1, 0.15) is 0 Å². The summed E-state index contributed by atoms with van der Waals surface area (Å²) in [6.45, 7) is 0.425. The lowest BCUT2D eigenvalue weighted by Crippen LogP contribution is -1.99. The Morgan fingerprint density at radius 1 is 1.37 bits per heavy atom. The summed E-state index contributed by atoms with van der Waals surface area (Å²) in [5, 5.41) is 7.66. The molecule has 0 aliphatic carbocycles. The third-order valence-electron chi connectivity index (χ3n) is 2.45. The molecule has 0 aliphatic rings. The first-order chi connectivity index (χ1) is 9.31. The van der Waals surface area contributed by atoms with Crippen LogP contribution in [-0.2, 0) is 6.54 Å². The lowest BCUT2D eigenvalue weighted by Gasteiger charge is -2.02. The van der Waals surface area contributed by atoms with Gasteiger partial charge in [0.25, 0.3) is 0 Å². The molecule has 3 aromatic rings. The summed E-state index contributed by atoms with van der Waals surface area (Å²) >= 11 is 5.89. The van der Waals surface area contributed by atoms with Crippen molar-refractivity contribution in [3.8, 4) is 11.6 Å². The van der Waals surface area contributed by atoms with Gasteiger partial charge in [-0.25, -0.2) is 4.98 Å². The highest BCUT2D eigenvalue weighted by atomic mass is 35.5. The van der Waals surface area contributed by atoms with Crippen LogP contribution < -0.4 is 5.32 Å². The minimum absolute atomic E-state index is 0.425. The Bertz CT molecular complexity index is 664. The lowest BCUT2D eigenvalue weighted by molar-refractivity contribution is 0.384. The highest BCUT2D eigenvalue weighted by molar-refractivity contribution is 6.30. The maximum Gasteiger partial charge on any atom is 0.246 e. The van der Waals surface area contributed by atoms with Gasteiger partial charge < -0.3 is 14.8 Å². The number of aromatic amines is 1. The van der Waals surface area contributed by atoms with E-state index < -0.39 is 0 Å². The van der Waals surface area contributed by atoms with Crippen LogP contribution in [0.5, 0.6) is 0 Å². The fourth-order valence-electron chi connectivity index (χ4n) is 1.59. The van der Waals surface area contributed by atoms with Crippen LogP contribution in [0, 0.1) is 0 Å². The average molecular weight is 276 g/mol. The number of halogens is 1. The topological polar surface area (TPSA) is 79.6 Å². The van der Waals surface area contributed by atoms with Crippen LogP contribution >= 0.6 is 11.6 Å². The minimum atomic E-state index is 0.425. The van der Waals surface area contributed by atoms with Gasteiger partial charge in [-0.2, -0.15) is 4.98 Å². The Kier molecular flexibility index (Phi) is 3.16. The van der Waals surface area contributed by atoms with Crippen molar-refractivity contribution < 1.29 is 4.52 Å². The molecule has 0 radical (unpaired) electrons. The van der Waals surface area contributed by atoms with Crippen LogP contribution in [0.2, 0.25) is 5.02 Å². The number of nitrogens with one attached hydrogen (secondary N) is 2. The maximum absolute atomic E-state index is 5.89. The highest BCUT2D eigenvalue weighted by Gasteiger charge is 2.09. The summed E-state index contributed by atoms with van der Waals surface area (Å²) in [5.74, 6) is 1.50. The first-order valence-corrected chi connectivity index (χ1v) is 6.01. The lowest BCUT2D eigenvalue weighted by atomic mass is 10.3. The van der Waals surface area contributed by atoms with Gasteiger partial charge in [0.2, 0.25) is 11.7 Å². The smallest absolute Gasteiger partial charge is 0.246 e.